The maximum atomic E-state index is 5.38. The first kappa shape index (κ1) is 12.2. The van der Waals surface area contributed by atoms with Gasteiger partial charge in [0.1, 0.15) is 0 Å². The molecule has 0 unspecified atom stereocenters. The van der Waals surface area contributed by atoms with Crippen LogP contribution >= 0.6 is 11.3 Å². The summed E-state index contributed by atoms with van der Waals surface area (Å²) in [6.07, 6.45) is 2.41. The van der Waals surface area contributed by atoms with Gasteiger partial charge < -0.3 is 10.1 Å². The second-order valence-corrected chi connectivity index (χ2v) is 5.85. The van der Waals surface area contributed by atoms with Gasteiger partial charge in [0, 0.05) is 24.5 Å². The highest BCUT2D eigenvalue weighted by atomic mass is 32.1. The van der Waals surface area contributed by atoms with Gasteiger partial charge in [-0.1, -0.05) is 18.2 Å². The second-order valence-electron chi connectivity index (χ2n) is 4.94. The number of benzene rings is 1. The molecule has 2 heterocycles. The van der Waals surface area contributed by atoms with Crippen LogP contribution in [0.5, 0.6) is 0 Å². The number of rotatable bonds is 4. The highest BCUT2D eigenvalue weighted by molar-refractivity contribution is 7.17. The quantitative estimate of drug-likeness (QED) is 0.910. The highest BCUT2D eigenvalue weighted by Crippen LogP contribution is 2.25. The summed E-state index contributed by atoms with van der Waals surface area (Å²) in [6.45, 7) is 3.98. The summed E-state index contributed by atoms with van der Waals surface area (Å²) in [6, 6.07) is 8.65. The summed E-state index contributed by atoms with van der Waals surface area (Å²) >= 11 is 1.84. The molecule has 3 heteroatoms. The first-order valence-corrected chi connectivity index (χ1v) is 7.55. The Kier molecular flexibility index (Phi) is 3.93. The van der Waals surface area contributed by atoms with E-state index in [9.17, 15) is 0 Å². The SMILES string of the molecule is c1ccc2c(CNCC3CCOCC3)csc2c1. The largest absolute Gasteiger partial charge is 0.381 e. The maximum absolute atomic E-state index is 5.38. The number of hydrogen-bond acceptors (Lipinski definition) is 3. The van der Waals surface area contributed by atoms with Gasteiger partial charge in [-0.2, -0.15) is 0 Å². The first-order chi connectivity index (χ1) is 8.93. The van der Waals surface area contributed by atoms with Crippen LogP contribution in [-0.2, 0) is 11.3 Å². The second kappa shape index (κ2) is 5.83. The fourth-order valence-corrected chi connectivity index (χ4v) is 3.49. The van der Waals surface area contributed by atoms with Crippen LogP contribution in [0.15, 0.2) is 29.6 Å². The van der Waals surface area contributed by atoms with Crippen LogP contribution in [0.3, 0.4) is 0 Å². The van der Waals surface area contributed by atoms with Crippen molar-refractivity contribution >= 4 is 21.4 Å². The van der Waals surface area contributed by atoms with Crippen molar-refractivity contribution in [2.45, 2.75) is 19.4 Å². The zero-order valence-electron chi connectivity index (χ0n) is 10.5. The summed E-state index contributed by atoms with van der Waals surface area (Å²) < 4.78 is 6.77. The zero-order chi connectivity index (χ0) is 12.2. The molecule has 2 nitrogen and oxygen atoms in total. The zero-order valence-corrected chi connectivity index (χ0v) is 11.3. The van der Waals surface area contributed by atoms with Crippen LogP contribution in [0, 0.1) is 5.92 Å². The minimum atomic E-state index is 0.795. The lowest BCUT2D eigenvalue weighted by atomic mass is 10.0. The van der Waals surface area contributed by atoms with Crippen molar-refractivity contribution in [3.05, 3.63) is 35.2 Å². The summed E-state index contributed by atoms with van der Waals surface area (Å²) in [4.78, 5) is 0. The third kappa shape index (κ3) is 2.74. The van der Waals surface area contributed by atoms with Gasteiger partial charge in [0.25, 0.3) is 0 Å². The lowest BCUT2D eigenvalue weighted by Crippen LogP contribution is -2.27. The van der Waals surface area contributed by atoms with E-state index in [0.29, 0.717) is 0 Å². The molecule has 18 heavy (non-hydrogen) atoms. The number of thiophene rings is 1. The molecular weight excluding hydrogens is 242 g/mol. The third-order valence-electron chi connectivity index (χ3n) is 3.65. The van der Waals surface area contributed by atoms with Crippen LogP contribution in [0.25, 0.3) is 10.1 Å². The van der Waals surface area contributed by atoms with E-state index in [4.69, 9.17) is 4.74 Å². The molecule has 0 saturated carbocycles. The Bertz CT molecular complexity index is 502. The molecule has 1 aromatic carbocycles. The highest BCUT2D eigenvalue weighted by Gasteiger charge is 2.13. The van der Waals surface area contributed by atoms with Crippen LogP contribution in [-0.4, -0.2) is 19.8 Å². The Labute approximate surface area is 112 Å². The summed E-state index contributed by atoms with van der Waals surface area (Å²) in [5, 5.41) is 7.28. The average molecular weight is 261 g/mol. The number of fused-ring (bicyclic) bond motifs is 1. The van der Waals surface area contributed by atoms with Crippen molar-refractivity contribution in [3.63, 3.8) is 0 Å². The molecule has 0 aliphatic carbocycles. The molecular formula is C15H19NOS. The minimum Gasteiger partial charge on any atom is -0.381 e. The molecule has 1 saturated heterocycles. The molecule has 1 aliphatic rings. The smallest absolute Gasteiger partial charge is 0.0469 e. The van der Waals surface area contributed by atoms with Crippen molar-refractivity contribution in [3.8, 4) is 0 Å². The lowest BCUT2D eigenvalue weighted by molar-refractivity contribution is 0.0662. The van der Waals surface area contributed by atoms with Crippen LogP contribution in [0.1, 0.15) is 18.4 Å². The van der Waals surface area contributed by atoms with Crippen molar-refractivity contribution < 1.29 is 4.74 Å². The van der Waals surface area contributed by atoms with E-state index in [1.54, 1.807) is 0 Å². The van der Waals surface area contributed by atoms with E-state index in [0.717, 1.165) is 32.2 Å². The minimum absolute atomic E-state index is 0.795. The van der Waals surface area contributed by atoms with Crippen molar-refractivity contribution in [1.82, 2.24) is 5.32 Å². The summed E-state index contributed by atoms with van der Waals surface area (Å²) in [5.41, 5.74) is 1.43. The van der Waals surface area contributed by atoms with Gasteiger partial charge in [-0.3, -0.25) is 0 Å². The fourth-order valence-electron chi connectivity index (χ4n) is 2.53. The Morgan fingerprint density at radius 3 is 2.94 bits per heavy atom. The topological polar surface area (TPSA) is 21.3 Å². The van der Waals surface area contributed by atoms with Gasteiger partial charge in [0.2, 0.25) is 0 Å². The predicted octanol–water partition coefficient (Wildman–Crippen LogP) is 3.42. The Balaban J connectivity index is 1.56. The molecule has 0 radical (unpaired) electrons. The Morgan fingerprint density at radius 1 is 1.22 bits per heavy atom. The molecule has 1 aliphatic heterocycles. The van der Waals surface area contributed by atoms with Crippen LogP contribution in [0.4, 0.5) is 0 Å². The molecule has 96 valence electrons. The monoisotopic (exact) mass is 261 g/mol. The van der Waals surface area contributed by atoms with Gasteiger partial charge in [-0.25, -0.2) is 0 Å². The molecule has 3 rings (SSSR count). The van der Waals surface area contributed by atoms with Crippen LogP contribution in [0.2, 0.25) is 0 Å². The normalized spacial score (nSPS) is 17.3. The van der Waals surface area contributed by atoms with Crippen LogP contribution < -0.4 is 5.32 Å². The average Bonchev–Trinajstić information content (AvgIpc) is 2.84. The summed E-state index contributed by atoms with van der Waals surface area (Å²) in [5.74, 6) is 0.795. The molecule has 2 aromatic rings. The van der Waals surface area contributed by atoms with Gasteiger partial charge in [0.15, 0.2) is 0 Å². The van der Waals surface area contributed by atoms with Gasteiger partial charge in [-0.15, -0.1) is 11.3 Å². The lowest BCUT2D eigenvalue weighted by Gasteiger charge is -2.22. The Hall–Kier alpha value is -0.900. The standard InChI is InChI=1S/C15H19NOS/c1-2-4-15-14(3-1)13(11-18-15)10-16-9-12-5-7-17-8-6-12/h1-4,11-12,16H,5-10H2. The molecule has 0 atom stereocenters. The maximum Gasteiger partial charge on any atom is 0.0469 e. The molecule has 0 bridgehead atoms. The van der Waals surface area contributed by atoms with Gasteiger partial charge in [-0.05, 0) is 47.7 Å². The predicted molar refractivity (Wildman–Crippen MR) is 77.1 cm³/mol. The van der Waals surface area contributed by atoms with Gasteiger partial charge in [0.05, 0.1) is 0 Å². The van der Waals surface area contributed by atoms with Gasteiger partial charge >= 0.3 is 0 Å². The van der Waals surface area contributed by atoms with E-state index < -0.39 is 0 Å². The van der Waals surface area contributed by atoms with Crippen molar-refractivity contribution in [2.75, 3.05) is 19.8 Å². The fraction of sp³-hybridized carbons (Fsp3) is 0.467. The molecule has 1 aromatic heterocycles. The van der Waals surface area contributed by atoms with Crippen molar-refractivity contribution in [1.29, 1.82) is 0 Å². The van der Waals surface area contributed by atoms with E-state index >= 15 is 0 Å². The van der Waals surface area contributed by atoms with Crippen molar-refractivity contribution in [2.24, 2.45) is 5.92 Å². The summed E-state index contributed by atoms with van der Waals surface area (Å²) in [7, 11) is 0. The third-order valence-corrected chi connectivity index (χ3v) is 4.66. The Morgan fingerprint density at radius 2 is 2.06 bits per heavy atom. The molecule has 0 spiro atoms. The number of hydrogen-bond donors (Lipinski definition) is 1. The van der Waals surface area contributed by atoms with E-state index in [1.807, 2.05) is 11.3 Å². The van der Waals surface area contributed by atoms with E-state index in [-0.39, 0.29) is 0 Å². The molecule has 1 N–H and O–H groups in total. The first-order valence-electron chi connectivity index (χ1n) is 6.67. The molecule has 0 amide bonds. The molecule has 1 fully saturated rings. The number of ether oxygens (including phenoxy) is 1. The van der Waals surface area contributed by atoms with E-state index in [1.165, 1.54) is 28.5 Å². The number of nitrogens with one attached hydrogen (secondary N) is 1. The van der Waals surface area contributed by atoms with E-state index in [2.05, 4.69) is 35.0 Å².